The maximum absolute atomic E-state index is 11.8. The third-order valence-electron chi connectivity index (χ3n) is 3.15. The zero-order valence-electron chi connectivity index (χ0n) is 9.85. The molecule has 1 amide bonds. The third kappa shape index (κ3) is 3.67. The van der Waals surface area contributed by atoms with Crippen molar-refractivity contribution >= 4 is 11.9 Å². The van der Waals surface area contributed by atoms with Crippen molar-refractivity contribution in [2.45, 2.75) is 31.8 Å². The van der Waals surface area contributed by atoms with Crippen LogP contribution < -0.4 is 5.32 Å². The highest BCUT2D eigenvalue weighted by molar-refractivity contribution is 5.85. The standard InChI is InChI=1S/C11H19NO5/c1-11(17,6-13)5-12-9(14)7-3-2-4-8(7)10(15)16/h7-8,13,17H,2-6H2,1H3,(H,12,14)(H,15,16). The molecule has 0 bridgehead atoms. The summed E-state index contributed by atoms with van der Waals surface area (Å²) < 4.78 is 0. The fraction of sp³-hybridized carbons (Fsp3) is 0.818. The van der Waals surface area contributed by atoms with Gasteiger partial charge < -0.3 is 20.6 Å². The van der Waals surface area contributed by atoms with E-state index < -0.39 is 30.0 Å². The van der Waals surface area contributed by atoms with Gasteiger partial charge in [-0.05, 0) is 19.8 Å². The van der Waals surface area contributed by atoms with Gasteiger partial charge in [0.25, 0.3) is 0 Å². The Morgan fingerprint density at radius 1 is 1.35 bits per heavy atom. The highest BCUT2D eigenvalue weighted by atomic mass is 16.4. The summed E-state index contributed by atoms with van der Waals surface area (Å²) in [5.41, 5.74) is -1.37. The van der Waals surface area contributed by atoms with Crippen LogP contribution in [-0.4, -0.2) is 45.9 Å². The van der Waals surface area contributed by atoms with Crippen LogP contribution in [0.5, 0.6) is 0 Å². The van der Waals surface area contributed by atoms with Crippen LogP contribution in [0.4, 0.5) is 0 Å². The van der Waals surface area contributed by atoms with Crippen LogP contribution in [0, 0.1) is 11.8 Å². The normalized spacial score (nSPS) is 27.5. The number of aliphatic hydroxyl groups excluding tert-OH is 1. The number of carbonyl (C=O) groups excluding carboxylic acids is 1. The first-order valence-corrected chi connectivity index (χ1v) is 5.71. The number of amides is 1. The van der Waals surface area contributed by atoms with Crippen LogP contribution >= 0.6 is 0 Å². The average Bonchev–Trinajstić information content (AvgIpc) is 2.75. The Labute approximate surface area is 99.6 Å². The van der Waals surface area contributed by atoms with Gasteiger partial charge in [-0.25, -0.2) is 0 Å². The van der Waals surface area contributed by atoms with Gasteiger partial charge in [0.15, 0.2) is 0 Å². The number of nitrogens with one attached hydrogen (secondary N) is 1. The molecular weight excluding hydrogens is 226 g/mol. The minimum atomic E-state index is -1.37. The molecule has 0 heterocycles. The smallest absolute Gasteiger partial charge is 0.307 e. The Balaban J connectivity index is 2.50. The summed E-state index contributed by atoms with van der Waals surface area (Å²) in [6.07, 6.45) is 1.80. The van der Waals surface area contributed by atoms with E-state index >= 15 is 0 Å². The quantitative estimate of drug-likeness (QED) is 0.515. The van der Waals surface area contributed by atoms with Gasteiger partial charge in [0, 0.05) is 6.54 Å². The minimum absolute atomic E-state index is 0.0782. The van der Waals surface area contributed by atoms with Crippen molar-refractivity contribution in [2.24, 2.45) is 11.8 Å². The van der Waals surface area contributed by atoms with Gasteiger partial charge in [-0.1, -0.05) is 6.42 Å². The van der Waals surface area contributed by atoms with E-state index in [1.807, 2.05) is 0 Å². The van der Waals surface area contributed by atoms with Gasteiger partial charge >= 0.3 is 5.97 Å². The molecule has 1 aliphatic rings. The van der Waals surface area contributed by atoms with E-state index in [0.717, 1.165) is 6.42 Å². The number of aliphatic carboxylic acids is 1. The number of rotatable bonds is 5. The van der Waals surface area contributed by atoms with Crippen LogP contribution in [0.2, 0.25) is 0 Å². The molecule has 0 saturated heterocycles. The van der Waals surface area contributed by atoms with Gasteiger partial charge in [-0.2, -0.15) is 0 Å². The van der Waals surface area contributed by atoms with Crippen molar-refractivity contribution in [3.8, 4) is 0 Å². The molecule has 0 aliphatic heterocycles. The fourth-order valence-corrected chi connectivity index (χ4v) is 2.03. The molecule has 17 heavy (non-hydrogen) atoms. The summed E-state index contributed by atoms with van der Waals surface area (Å²) in [5, 5.41) is 29.8. The van der Waals surface area contributed by atoms with Crippen LogP contribution in [0.25, 0.3) is 0 Å². The molecule has 1 rings (SSSR count). The number of hydrogen-bond acceptors (Lipinski definition) is 4. The van der Waals surface area contributed by atoms with Gasteiger partial charge in [0.2, 0.25) is 5.91 Å². The predicted octanol–water partition coefficient (Wildman–Crippen LogP) is -0.653. The molecule has 3 atom stereocenters. The lowest BCUT2D eigenvalue weighted by Gasteiger charge is -2.22. The monoisotopic (exact) mass is 245 g/mol. The number of carboxylic acids is 1. The summed E-state index contributed by atoms with van der Waals surface area (Å²) in [4.78, 5) is 22.7. The molecule has 0 radical (unpaired) electrons. The Hall–Kier alpha value is -1.14. The van der Waals surface area contributed by atoms with E-state index in [9.17, 15) is 14.7 Å². The highest BCUT2D eigenvalue weighted by Crippen LogP contribution is 2.32. The Morgan fingerprint density at radius 3 is 2.47 bits per heavy atom. The molecule has 1 saturated carbocycles. The van der Waals surface area contributed by atoms with Crippen molar-refractivity contribution < 1.29 is 24.9 Å². The molecule has 6 heteroatoms. The first kappa shape index (κ1) is 13.9. The molecule has 3 unspecified atom stereocenters. The zero-order valence-corrected chi connectivity index (χ0v) is 9.85. The molecular formula is C11H19NO5. The van der Waals surface area contributed by atoms with E-state index in [2.05, 4.69) is 5.32 Å². The van der Waals surface area contributed by atoms with Crippen molar-refractivity contribution in [3.05, 3.63) is 0 Å². The molecule has 4 N–H and O–H groups in total. The molecule has 0 aromatic rings. The van der Waals surface area contributed by atoms with Crippen molar-refractivity contribution in [3.63, 3.8) is 0 Å². The van der Waals surface area contributed by atoms with Gasteiger partial charge in [0.1, 0.15) is 5.60 Å². The predicted molar refractivity (Wildman–Crippen MR) is 59.2 cm³/mol. The SMILES string of the molecule is CC(O)(CO)CNC(=O)C1CCCC1C(=O)O. The second kappa shape index (κ2) is 5.46. The van der Waals surface area contributed by atoms with Crippen LogP contribution in [-0.2, 0) is 9.59 Å². The molecule has 0 spiro atoms. The van der Waals surface area contributed by atoms with E-state index in [1.54, 1.807) is 0 Å². The van der Waals surface area contributed by atoms with Crippen LogP contribution in [0.15, 0.2) is 0 Å². The Morgan fingerprint density at radius 2 is 1.94 bits per heavy atom. The second-order valence-corrected chi connectivity index (χ2v) is 4.85. The number of carboxylic acid groups (broad SMARTS) is 1. The minimum Gasteiger partial charge on any atom is -0.481 e. The lowest BCUT2D eigenvalue weighted by molar-refractivity contribution is -0.146. The maximum atomic E-state index is 11.8. The molecule has 1 aliphatic carbocycles. The van der Waals surface area contributed by atoms with Gasteiger partial charge in [-0.15, -0.1) is 0 Å². The van der Waals surface area contributed by atoms with Crippen LogP contribution in [0.3, 0.4) is 0 Å². The number of carbonyl (C=O) groups is 2. The van der Waals surface area contributed by atoms with E-state index in [1.165, 1.54) is 6.92 Å². The maximum Gasteiger partial charge on any atom is 0.307 e. The van der Waals surface area contributed by atoms with Crippen molar-refractivity contribution in [1.82, 2.24) is 5.32 Å². The lowest BCUT2D eigenvalue weighted by Crippen LogP contribution is -2.46. The largest absolute Gasteiger partial charge is 0.481 e. The molecule has 0 aromatic heterocycles. The van der Waals surface area contributed by atoms with Gasteiger partial charge in [0.05, 0.1) is 18.4 Å². The van der Waals surface area contributed by atoms with Crippen LogP contribution in [0.1, 0.15) is 26.2 Å². The number of hydrogen-bond donors (Lipinski definition) is 4. The molecule has 1 fully saturated rings. The van der Waals surface area contributed by atoms with Crippen molar-refractivity contribution in [1.29, 1.82) is 0 Å². The third-order valence-corrected chi connectivity index (χ3v) is 3.15. The summed E-state index contributed by atoms with van der Waals surface area (Å²) >= 11 is 0. The summed E-state index contributed by atoms with van der Waals surface area (Å²) in [7, 11) is 0. The average molecular weight is 245 g/mol. The topological polar surface area (TPSA) is 107 Å². The fourth-order valence-electron chi connectivity index (χ4n) is 2.03. The lowest BCUT2D eigenvalue weighted by atomic mass is 9.95. The summed E-state index contributed by atoms with van der Waals surface area (Å²) in [5.74, 6) is -2.46. The van der Waals surface area contributed by atoms with E-state index in [4.69, 9.17) is 10.2 Å². The molecule has 6 nitrogen and oxygen atoms in total. The zero-order chi connectivity index (χ0) is 13.1. The first-order valence-electron chi connectivity index (χ1n) is 5.71. The Bertz CT molecular complexity index is 302. The molecule has 98 valence electrons. The second-order valence-electron chi connectivity index (χ2n) is 4.85. The molecule has 0 aromatic carbocycles. The van der Waals surface area contributed by atoms with E-state index in [-0.39, 0.29) is 12.5 Å². The van der Waals surface area contributed by atoms with E-state index in [0.29, 0.717) is 12.8 Å². The summed E-state index contributed by atoms with van der Waals surface area (Å²) in [6.45, 7) is 0.863. The summed E-state index contributed by atoms with van der Waals surface area (Å²) in [6, 6.07) is 0. The first-order chi connectivity index (χ1) is 7.87. The number of aliphatic hydroxyl groups is 2. The van der Waals surface area contributed by atoms with Gasteiger partial charge in [-0.3, -0.25) is 9.59 Å². The Kier molecular flexibility index (Phi) is 4.47. The highest BCUT2D eigenvalue weighted by Gasteiger charge is 2.38. The van der Waals surface area contributed by atoms with Crippen molar-refractivity contribution in [2.75, 3.05) is 13.2 Å².